The van der Waals surface area contributed by atoms with Crippen LogP contribution >= 0.6 is 0 Å². The van der Waals surface area contributed by atoms with Gasteiger partial charge < -0.3 is 10.5 Å². The quantitative estimate of drug-likeness (QED) is 0.473. The van der Waals surface area contributed by atoms with E-state index >= 15 is 0 Å². The molecule has 1 aromatic carbocycles. The van der Waals surface area contributed by atoms with E-state index in [9.17, 15) is 13.2 Å². The number of rotatable bonds is 5. The SMILES string of the molecule is C#CCOC(=O)CS(=O)(=O)Cc1ccc(N)cc1. The highest BCUT2D eigenvalue weighted by molar-refractivity contribution is 7.91. The van der Waals surface area contributed by atoms with Crippen molar-refractivity contribution in [3.05, 3.63) is 29.8 Å². The molecule has 0 aromatic heterocycles. The minimum Gasteiger partial charge on any atom is -0.452 e. The Morgan fingerprint density at radius 3 is 2.50 bits per heavy atom. The molecular weight excluding hydrogens is 254 g/mol. The van der Waals surface area contributed by atoms with Crippen LogP contribution in [0, 0.1) is 12.3 Å². The zero-order valence-corrected chi connectivity index (χ0v) is 10.4. The van der Waals surface area contributed by atoms with Crippen molar-refractivity contribution in [3.8, 4) is 12.3 Å². The van der Waals surface area contributed by atoms with Gasteiger partial charge in [0.05, 0.1) is 5.75 Å². The third kappa shape index (κ3) is 4.89. The third-order valence-electron chi connectivity index (χ3n) is 2.02. The van der Waals surface area contributed by atoms with Gasteiger partial charge in [0.1, 0.15) is 5.75 Å². The van der Waals surface area contributed by atoms with Crippen LogP contribution in [0.25, 0.3) is 0 Å². The number of esters is 1. The van der Waals surface area contributed by atoms with Crippen LogP contribution in [0.5, 0.6) is 0 Å². The molecule has 96 valence electrons. The number of ether oxygens (including phenoxy) is 1. The number of nitrogens with two attached hydrogens (primary N) is 1. The fourth-order valence-electron chi connectivity index (χ4n) is 1.26. The molecule has 0 aliphatic heterocycles. The minimum absolute atomic E-state index is 0.226. The number of nitrogen functional groups attached to an aromatic ring is 1. The van der Waals surface area contributed by atoms with Gasteiger partial charge in [0, 0.05) is 5.69 Å². The summed E-state index contributed by atoms with van der Waals surface area (Å²) in [6.45, 7) is -0.226. The fraction of sp³-hybridized carbons (Fsp3) is 0.250. The molecule has 6 heteroatoms. The van der Waals surface area contributed by atoms with Gasteiger partial charge in [0.25, 0.3) is 0 Å². The van der Waals surface area contributed by atoms with Gasteiger partial charge in [0.15, 0.2) is 16.4 Å². The topological polar surface area (TPSA) is 86.5 Å². The normalized spacial score (nSPS) is 10.6. The standard InChI is InChI=1S/C12H13NO4S/c1-2-7-17-12(14)9-18(15,16)8-10-3-5-11(13)6-4-10/h1,3-6H,7-9,13H2. The highest BCUT2D eigenvalue weighted by Gasteiger charge is 2.18. The van der Waals surface area contributed by atoms with Crippen LogP contribution in [0.3, 0.4) is 0 Å². The molecule has 0 aliphatic carbocycles. The summed E-state index contributed by atoms with van der Waals surface area (Å²) in [6.07, 6.45) is 4.89. The summed E-state index contributed by atoms with van der Waals surface area (Å²) >= 11 is 0. The van der Waals surface area contributed by atoms with Crippen LogP contribution in [0.2, 0.25) is 0 Å². The van der Waals surface area contributed by atoms with Crippen molar-refractivity contribution in [1.29, 1.82) is 0 Å². The molecular formula is C12H13NO4S. The smallest absolute Gasteiger partial charge is 0.322 e. The van der Waals surface area contributed by atoms with E-state index < -0.39 is 21.6 Å². The van der Waals surface area contributed by atoms with E-state index in [-0.39, 0.29) is 12.4 Å². The predicted octanol–water partition coefficient (Wildman–Crippen LogP) is 0.360. The first-order valence-corrected chi connectivity index (χ1v) is 6.89. The van der Waals surface area contributed by atoms with Crippen molar-refractivity contribution in [2.75, 3.05) is 18.1 Å². The lowest BCUT2D eigenvalue weighted by molar-refractivity contribution is -0.139. The average Bonchev–Trinajstić information content (AvgIpc) is 2.28. The summed E-state index contributed by atoms with van der Waals surface area (Å²) < 4.78 is 27.9. The van der Waals surface area contributed by atoms with Crippen LogP contribution in [-0.2, 0) is 25.1 Å². The van der Waals surface area contributed by atoms with Crippen LogP contribution in [0.4, 0.5) is 5.69 Å². The molecule has 2 N–H and O–H groups in total. The summed E-state index contributed by atoms with van der Waals surface area (Å²) in [5.41, 5.74) is 6.59. The van der Waals surface area contributed by atoms with E-state index in [4.69, 9.17) is 12.2 Å². The van der Waals surface area contributed by atoms with Crippen LogP contribution < -0.4 is 5.73 Å². The number of benzene rings is 1. The second-order valence-electron chi connectivity index (χ2n) is 3.64. The molecule has 1 rings (SSSR count). The van der Waals surface area contributed by atoms with Crippen LogP contribution in [-0.4, -0.2) is 26.7 Å². The second-order valence-corrected chi connectivity index (χ2v) is 5.70. The van der Waals surface area contributed by atoms with Crippen molar-refractivity contribution in [2.24, 2.45) is 0 Å². The number of hydrogen-bond acceptors (Lipinski definition) is 5. The van der Waals surface area contributed by atoms with Crippen molar-refractivity contribution in [1.82, 2.24) is 0 Å². The summed E-state index contributed by atoms with van der Waals surface area (Å²) in [4.78, 5) is 11.1. The number of hydrogen-bond donors (Lipinski definition) is 1. The molecule has 1 aromatic rings. The van der Waals surface area contributed by atoms with Gasteiger partial charge in [-0.15, -0.1) is 6.42 Å². The summed E-state index contributed by atoms with van der Waals surface area (Å²) in [6, 6.07) is 6.39. The van der Waals surface area contributed by atoms with E-state index in [1.165, 1.54) is 0 Å². The van der Waals surface area contributed by atoms with Crippen LogP contribution in [0.15, 0.2) is 24.3 Å². The molecule has 0 aliphatic rings. The van der Waals surface area contributed by atoms with Crippen LogP contribution in [0.1, 0.15) is 5.56 Å². The Bertz CT molecular complexity index is 555. The highest BCUT2D eigenvalue weighted by atomic mass is 32.2. The number of carbonyl (C=O) groups excluding carboxylic acids is 1. The van der Waals surface area contributed by atoms with Crippen molar-refractivity contribution in [3.63, 3.8) is 0 Å². The largest absolute Gasteiger partial charge is 0.452 e. The van der Waals surface area contributed by atoms with E-state index in [0.717, 1.165) is 0 Å². The molecule has 0 unspecified atom stereocenters. The monoisotopic (exact) mass is 267 g/mol. The molecule has 0 bridgehead atoms. The summed E-state index contributed by atoms with van der Waals surface area (Å²) in [5, 5.41) is 0. The Hall–Kier alpha value is -2.00. The Balaban J connectivity index is 2.62. The molecule has 0 fully saturated rings. The number of anilines is 1. The van der Waals surface area contributed by atoms with Crippen molar-refractivity contribution >= 4 is 21.5 Å². The van der Waals surface area contributed by atoms with E-state index in [2.05, 4.69) is 10.7 Å². The Labute approximate surface area is 106 Å². The first-order chi connectivity index (χ1) is 8.43. The van der Waals surface area contributed by atoms with Gasteiger partial charge in [0.2, 0.25) is 0 Å². The van der Waals surface area contributed by atoms with E-state index in [1.807, 2.05) is 0 Å². The zero-order chi connectivity index (χ0) is 13.6. The Morgan fingerprint density at radius 1 is 1.33 bits per heavy atom. The maximum Gasteiger partial charge on any atom is 0.322 e. The molecule has 0 heterocycles. The second kappa shape index (κ2) is 6.07. The maximum absolute atomic E-state index is 11.7. The minimum atomic E-state index is -3.56. The van der Waals surface area contributed by atoms with Gasteiger partial charge in [-0.25, -0.2) is 8.42 Å². The van der Waals surface area contributed by atoms with E-state index in [0.29, 0.717) is 11.3 Å². The van der Waals surface area contributed by atoms with E-state index in [1.54, 1.807) is 24.3 Å². The lowest BCUT2D eigenvalue weighted by Crippen LogP contribution is -2.20. The first-order valence-electron chi connectivity index (χ1n) is 5.07. The lowest BCUT2D eigenvalue weighted by atomic mass is 10.2. The zero-order valence-electron chi connectivity index (χ0n) is 9.63. The van der Waals surface area contributed by atoms with Gasteiger partial charge >= 0.3 is 5.97 Å². The molecule has 0 saturated heterocycles. The third-order valence-corrected chi connectivity index (χ3v) is 3.47. The predicted molar refractivity (Wildman–Crippen MR) is 68.1 cm³/mol. The molecule has 0 saturated carbocycles. The van der Waals surface area contributed by atoms with Gasteiger partial charge in [-0.05, 0) is 17.7 Å². The van der Waals surface area contributed by atoms with Crippen molar-refractivity contribution < 1.29 is 17.9 Å². The number of carbonyl (C=O) groups is 1. The summed E-state index contributed by atoms with van der Waals surface area (Å²) in [5.74, 6) is 0.325. The van der Waals surface area contributed by atoms with Crippen molar-refractivity contribution in [2.45, 2.75) is 5.75 Å². The molecule has 0 atom stereocenters. The number of sulfone groups is 1. The molecule has 0 radical (unpaired) electrons. The lowest BCUT2D eigenvalue weighted by Gasteiger charge is -2.04. The molecule has 0 spiro atoms. The van der Waals surface area contributed by atoms with Gasteiger partial charge in [-0.1, -0.05) is 18.1 Å². The summed E-state index contributed by atoms with van der Waals surface area (Å²) in [7, 11) is -3.56. The van der Waals surface area contributed by atoms with Gasteiger partial charge in [-0.3, -0.25) is 4.79 Å². The first kappa shape index (κ1) is 14.1. The molecule has 18 heavy (non-hydrogen) atoms. The Kier molecular flexibility index (Phi) is 4.75. The molecule has 5 nitrogen and oxygen atoms in total. The Morgan fingerprint density at radius 2 is 1.94 bits per heavy atom. The van der Waals surface area contributed by atoms with Gasteiger partial charge in [-0.2, -0.15) is 0 Å². The molecule has 0 amide bonds. The fourth-order valence-corrected chi connectivity index (χ4v) is 2.51. The number of terminal acetylenes is 1. The average molecular weight is 267 g/mol. The highest BCUT2D eigenvalue weighted by Crippen LogP contribution is 2.10. The maximum atomic E-state index is 11.7.